The van der Waals surface area contributed by atoms with Crippen molar-refractivity contribution >= 4 is 16.8 Å². The number of aryl methyl sites for hydroxylation is 1. The number of carbonyl (C=O) groups is 1. The molecule has 0 spiro atoms. The van der Waals surface area contributed by atoms with E-state index in [9.17, 15) is 18.0 Å². The van der Waals surface area contributed by atoms with Gasteiger partial charge in [-0.1, -0.05) is 12.1 Å². The molecule has 0 saturated heterocycles. The smallest absolute Gasteiger partial charge is 0.422 e. The number of aliphatic hydroxyl groups is 1. The highest BCUT2D eigenvalue weighted by molar-refractivity contribution is 6.05. The molecule has 206 valence electrons. The standard InChI is InChI=1S/C28H34F3N3O4/c1-3-5-20-6-7-24(38-18-28(29,30)31)25(17-20)37-13-9-33-19(2)14-21-15-22-8-11-34(10-4-12-35)26(22)23(16-21)27(32)36/h3,6-8,11,15-17,19,33,35H,1,4-5,9-10,12-14,18H2,2H3,(H2,32,36)/t19-/m1/s1. The number of nitrogens with one attached hydrogen (secondary N) is 1. The van der Waals surface area contributed by atoms with Crippen molar-refractivity contribution in [3.8, 4) is 11.5 Å². The summed E-state index contributed by atoms with van der Waals surface area (Å²) in [5.41, 5.74) is 8.64. The van der Waals surface area contributed by atoms with Crippen LogP contribution in [0.1, 0.15) is 34.8 Å². The lowest BCUT2D eigenvalue weighted by molar-refractivity contribution is -0.153. The third-order valence-electron chi connectivity index (χ3n) is 5.92. The fourth-order valence-corrected chi connectivity index (χ4v) is 4.27. The number of amides is 1. The van der Waals surface area contributed by atoms with Gasteiger partial charge in [0.1, 0.15) is 6.61 Å². The third kappa shape index (κ3) is 8.26. The molecule has 0 fully saturated rings. The van der Waals surface area contributed by atoms with Gasteiger partial charge in [-0.2, -0.15) is 13.2 Å². The highest BCUT2D eigenvalue weighted by atomic mass is 19.4. The minimum Gasteiger partial charge on any atom is -0.488 e. The number of halogens is 3. The second-order valence-electron chi connectivity index (χ2n) is 9.12. The van der Waals surface area contributed by atoms with E-state index >= 15 is 0 Å². The van der Waals surface area contributed by atoms with E-state index in [-0.39, 0.29) is 30.8 Å². The van der Waals surface area contributed by atoms with Crippen LogP contribution in [0.4, 0.5) is 13.2 Å². The van der Waals surface area contributed by atoms with Crippen molar-refractivity contribution in [2.45, 2.75) is 44.9 Å². The molecule has 0 radical (unpaired) electrons. The molecule has 0 unspecified atom stereocenters. The van der Waals surface area contributed by atoms with Gasteiger partial charge < -0.3 is 30.2 Å². The quantitative estimate of drug-likeness (QED) is 0.199. The summed E-state index contributed by atoms with van der Waals surface area (Å²) < 4.78 is 50.5. The van der Waals surface area contributed by atoms with Crippen molar-refractivity contribution in [3.63, 3.8) is 0 Å². The number of carbonyl (C=O) groups excluding carboxylic acids is 1. The van der Waals surface area contributed by atoms with Gasteiger partial charge in [0.15, 0.2) is 18.1 Å². The zero-order valence-electron chi connectivity index (χ0n) is 21.4. The maximum Gasteiger partial charge on any atom is 0.422 e. The molecule has 0 aliphatic carbocycles. The molecule has 0 aliphatic heterocycles. The van der Waals surface area contributed by atoms with Crippen LogP contribution >= 0.6 is 0 Å². The van der Waals surface area contributed by atoms with E-state index in [1.54, 1.807) is 24.3 Å². The summed E-state index contributed by atoms with van der Waals surface area (Å²) in [4.78, 5) is 12.2. The molecule has 3 aromatic rings. The van der Waals surface area contributed by atoms with Crippen LogP contribution in [-0.2, 0) is 19.4 Å². The normalized spacial score (nSPS) is 12.4. The molecule has 3 rings (SSSR count). The lowest BCUT2D eigenvalue weighted by Crippen LogP contribution is -2.32. The number of allylic oxidation sites excluding steroid dienone is 1. The molecule has 1 aromatic heterocycles. The minimum absolute atomic E-state index is 0.0151. The Hall–Kier alpha value is -3.50. The number of fused-ring (bicyclic) bond motifs is 1. The lowest BCUT2D eigenvalue weighted by atomic mass is 10.0. The first-order valence-corrected chi connectivity index (χ1v) is 12.4. The molecule has 0 saturated carbocycles. The lowest BCUT2D eigenvalue weighted by Gasteiger charge is -2.17. The topological polar surface area (TPSA) is 98.7 Å². The van der Waals surface area contributed by atoms with E-state index in [1.165, 1.54) is 6.07 Å². The number of nitrogens with zero attached hydrogens (tertiary/aromatic N) is 1. The Morgan fingerprint density at radius 2 is 1.97 bits per heavy atom. The van der Waals surface area contributed by atoms with Crippen LogP contribution in [-0.4, -0.2) is 54.2 Å². The van der Waals surface area contributed by atoms with Crippen molar-refractivity contribution in [1.29, 1.82) is 0 Å². The van der Waals surface area contributed by atoms with Crippen LogP contribution in [0.15, 0.2) is 55.3 Å². The van der Waals surface area contributed by atoms with Crippen molar-refractivity contribution in [1.82, 2.24) is 9.88 Å². The summed E-state index contributed by atoms with van der Waals surface area (Å²) >= 11 is 0. The van der Waals surface area contributed by atoms with Crippen molar-refractivity contribution in [3.05, 3.63) is 71.9 Å². The van der Waals surface area contributed by atoms with Crippen LogP contribution in [0.2, 0.25) is 0 Å². The second kappa shape index (κ2) is 13.3. The predicted octanol–water partition coefficient (Wildman–Crippen LogP) is 4.39. The predicted molar refractivity (Wildman–Crippen MR) is 141 cm³/mol. The van der Waals surface area contributed by atoms with Gasteiger partial charge in [0.25, 0.3) is 5.91 Å². The molecule has 38 heavy (non-hydrogen) atoms. The summed E-state index contributed by atoms with van der Waals surface area (Å²) in [6, 6.07) is 10.6. The number of rotatable bonds is 15. The van der Waals surface area contributed by atoms with E-state index in [4.69, 9.17) is 20.3 Å². The van der Waals surface area contributed by atoms with E-state index in [0.717, 1.165) is 22.0 Å². The highest BCUT2D eigenvalue weighted by Gasteiger charge is 2.29. The Morgan fingerprint density at radius 3 is 2.66 bits per heavy atom. The largest absolute Gasteiger partial charge is 0.488 e. The Balaban J connectivity index is 1.61. The Bertz CT molecular complexity index is 1240. The number of aliphatic hydroxyl groups excluding tert-OH is 1. The Morgan fingerprint density at radius 1 is 1.18 bits per heavy atom. The third-order valence-corrected chi connectivity index (χ3v) is 5.92. The average molecular weight is 534 g/mol. The summed E-state index contributed by atoms with van der Waals surface area (Å²) in [5, 5.41) is 13.4. The van der Waals surface area contributed by atoms with Gasteiger partial charge in [-0.3, -0.25) is 4.79 Å². The van der Waals surface area contributed by atoms with Crippen molar-refractivity contribution in [2.75, 3.05) is 26.4 Å². The fraction of sp³-hybridized carbons (Fsp3) is 0.393. The van der Waals surface area contributed by atoms with Gasteiger partial charge >= 0.3 is 6.18 Å². The van der Waals surface area contributed by atoms with Crippen LogP contribution in [0.3, 0.4) is 0 Å². The summed E-state index contributed by atoms with van der Waals surface area (Å²) in [6.45, 7) is 5.56. The van der Waals surface area contributed by atoms with E-state index in [2.05, 4.69) is 11.9 Å². The minimum atomic E-state index is -4.45. The number of aromatic nitrogens is 1. The summed E-state index contributed by atoms with van der Waals surface area (Å²) in [5.74, 6) is -0.247. The second-order valence-corrected chi connectivity index (χ2v) is 9.12. The first-order valence-electron chi connectivity index (χ1n) is 12.4. The fourth-order valence-electron chi connectivity index (χ4n) is 4.27. The van der Waals surface area contributed by atoms with Gasteiger partial charge in [0, 0.05) is 37.3 Å². The SMILES string of the molecule is C=CCc1ccc(OCC(F)(F)F)c(OCCN[C@H](C)Cc2cc(C(N)=O)c3c(ccn3CCCO)c2)c1. The molecule has 1 amide bonds. The number of benzene rings is 2. The maximum absolute atomic E-state index is 12.6. The van der Waals surface area contributed by atoms with Gasteiger partial charge in [-0.05, 0) is 67.6 Å². The molecule has 7 nitrogen and oxygen atoms in total. The van der Waals surface area contributed by atoms with Crippen molar-refractivity contribution in [2.24, 2.45) is 5.73 Å². The zero-order valence-corrected chi connectivity index (χ0v) is 21.4. The molecular formula is C28H34F3N3O4. The molecular weight excluding hydrogens is 499 g/mol. The van der Waals surface area contributed by atoms with Crippen molar-refractivity contribution < 1.29 is 32.5 Å². The first-order chi connectivity index (χ1) is 18.1. The monoisotopic (exact) mass is 533 g/mol. The van der Waals surface area contributed by atoms with Gasteiger partial charge in [-0.25, -0.2) is 0 Å². The molecule has 0 bridgehead atoms. The van der Waals surface area contributed by atoms with Gasteiger partial charge in [-0.15, -0.1) is 6.58 Å². The number of ether oxygens (including phenoxy) is 2. The molecule has 1 atom stereocenters. The van der Waals surface area contributed by atoms with Gasteiger partial charge in [0.05, 0.1) is 11.1 Å². The van der Waals surface area contributed by atoms with E-state index in [0.29, 0.717) is 37.9 Å². The molecule has 1 heterocycles. The summed E-state index contributed by atoms with van der Waals surface area (Å²) in [7, 11) is 0. The van der Waals surface area contributed by atoms with Crippen LogP contribution < -0.4 is 20.5 Å². The van der Waals surface area contributed by atoms with Crippen LogP contribution in [0.25, 0.3) is 10.9 Å². The number of hydrogen-bond acceptors (Lipinski definition) is 5. The summed E-state index contributed by atoms with van der Waals surface area (Å²) in [6.07, 6.45) is 0.866. The van der Waals surface area contributed by atoms with E-state index in [1.807, 2.05) is 29.8 Å². The highest BCUT2D eigenvalue weighted by Crippen LogP contribution is 2.30. The van der Waals surface area contributed by atoms with Crippen LogP contribution in [0.5, 0.6) is 11.5 Å². The van der Waals surface area contributed by atoms with Crippen LogP contribution in [0, 0.1) is 0 Å². The first kappa shape index (κ1) is 29.1. The number of alkyl halides is 3. The zero-order chi connectivity index (χ0) is 27.7. The number of primary amides is 1. The molecule has 4 N–H and O–H groups in total. The molecule has 2 aromatic carbocycles. The molecule has 0 aliphatic rings. The van der Waals surface area contributed by atoms with Gasteiger partial charge in [0.2, 0.25) is 0 Å². The Labute approximate surface area is 220 Å². The average Bonchev–Trinajstić information content (AvgIpc) is 3.26. The maximum atomic E-state index is 12.6. The number of hydrogen-bond donors (Lipinski definition) is 3. The number of nitrogens with two attached hydrogens (primary N) is 1. The molecule has 10 heteroatoms. The Kier molecular flexibility index (Phi) is 10.2. The van der Waals surface area contributed by atoms with E-state index < -0.39 is 18.7 Å².